The van der Waals surface area contributed by atoms with Crippen molar-refractivity contribution < 1.29 is 38.1 Å². The van der Waals surface area contributed by atoms with E-state index in [1.54, 1.807) is 12.1 Å². The van der Waals surface area contributed by atoms with Gasteiger partial charge in [0.15, 0.2) is 18.6 Å². The van der Waals surface area contributed by atoms with Crippen LogP contribution in [0.3, 0.4) is 0 Å². The highest BCUT2D eigenvalue weighted by molar-refractivity contribution is 6.28. The van der Waals surface area contributed by atoms with E-state index in [9.17, 15) is 9.59 Å². The van der Waals surface area contributed by atoms with E-state index in [1.165, 1.54) is 25.1 Å². The molecule has 162 valence electrons. The number of halogens is 1. The molecule has 0 aliphatic heterocycles. The van der Waals surface area contributed by atoms with Crippen LogP contribution >= 0.6 is 11.6 Å². The van der Waals surface area contributed by atoms with Crippen molar-refractivity contribution in [2.45, 2.75) is 25.4 Å². The van der Waals surface area contributed by atoms with Crippen LogP contribution < -0.4 is 14.3 Å². The molecule has 0 aliphatic carbocycles. The molecule has 1 aromatic heterocycles. The van der Waals surface area contributed by atoms with Crippen LogP contribution in [0.15, 0.2) is 48.7 Å². The molecule has 2 rings (SSSR count). The van der Waals surface area contributed by atoms with Gasteiger partial charge in [0.25, 0.3) is 6.20 Å². The van der Waals surface area contributed by atoms with Crippen molar-refractivity contribution in [3.8, 4) is 5.75 Å². The molecule has 0 N–H and O–H groups in total. The van der Waals surface area contributed by atoms with E-state index in [4.69, 9.17) is 35.4 Å². The Morgan fingerprint density at radius 3 is 2.57 bits per heavy atom. The molecular formula is C21H25ClNO7+. The second kappa shape index (κ2) is 12.7. The Hall–Kier alpha value is -2.84. The average molecular weight is 439 g/mol. The molecule has 0 bridgehead atoms. The number of carbonyl (C=O) groups excluding carboxylic acids is 2. The number of hydrogen-bond donors (Lipinski definition) is 0. The molecular weight excluding hydrogens is 414 g/mol. The van der Waals surface area contributed by atoms with Crippen molar-refractivity contribution >= 4 is 23.5 Å². The number of ether oxygens (including phenoxy) is 4. The summed E-state index contributed by atoms with van der Waals surface area (Å²) in [5.74, 6) is -0.550. The van der Waals surface area contributed by atoms with Gasteiger partial charge in [0.05, 0.1) is 13.7 Å². The van der Waals surface area contributed by atoms with Gasteiger partial charge in [-0.05, 0) is 29.7 Å². The van der Waals surface area contributed by atoms with E-state index in [-0.39, 0.29) is 32.2 Å². The number of pyridine rings is 1. The topological polar surface area (TPSA) is 84.2 Å². The maximum absolute atomic E-state index is 12.0. The predicted octanol–water partition coefficient (Wildman–Crippen LogP) is 2.15. The third-order valence-corrected chi connectivity index (χ3v) is 4.36. The Morgan fingerprint density at radius 2 is 1.87 bits per heavy atom. The summed E-state index contributed by atoms with van der Waals surface area (Å²) < 4.78 is 22.1. The number of aryl methyl sites for hydroxylation is 1. The molecule has 9 heteroatoms. The lowest BCUT2D eigenvalue weighted by atomic mass is 10.1. The molecule has 1 heterocycles. The molecule has 1 aromatic carbocycles. The van der Waals surface area contributed by atoms with Gasteiger partial charge in [-0.15, -0.1) is 0 Å². The monoisotopic (exact) mass is 438 g/mol. The van der Waals surface area contributed by atoms with Gasteiger partial charge in [0, 0.05) is 23.6 Å². The zero-order chi connectivity index (χ0) is 21.8. The summed E-state index contributed by atoms with van der Waals surface area (Å²) in [6.07, 6.45) is 1.64. The first-order chi connectivity index (χ1) is 14.5. The summed E-state index contributed by atoms with van der Waals surface area (Å²) in [7, 11) is 2.72. The molecule has 0 aliphatic rings. The summed E-state index contributed by atoms with van der Waals surface area (Å²) in [5.41, 5.74) is 1.06. The summed E-state index contributed by atoms with van der Waals surface area (Å²) in [6, 6.07) is 12.8. The normalized spacial score (nSPS) is 11.4. The lowest BCUT2D eigenvalue weighted by Crippen LogP contribution is -2.41. The molecule has 0 spiro atoms. The molecule has 1 unspecified atom stereocenters. The molecule has 0 amide bonds. The van der Waals surface area contributed by atoms with Crippen LogP contribution in [0, 0.1) is 0 Å². The smallest absolute Gasteiger partial charge is 0.347 e. The zero-order valence-electron chi connectivity index (χ0n) is 16.9. The maximum Gasteiger partial charge on any atom is 0.347 e. The van der Waals surface area contributed by atoms with E-state index >= 15 is 0 Å². The minimum Gasteiger partial charge on any atom is -0.472 e. The Kier molecular flexibility index (Phi) is 9.90. The first-order valence-electron chi connectivity index (χ1n) is 9.31. The fourth-order valence-electron chi connectivity index (χ4n) is 2.49. The summed E-state index contributed by atoms with van der Waals surface area (Å²) >= 11 is 5.95. The molecule has 0 fully saturated rings. The summed E-state index contributed by atoms with van der Waals surface area (Å²) in [5, 5.41) is 0.344. The largest absolute Gasteiger partial charge is 0.472 e. The van der Waals surface area contributed by atoms with Crippen LogP contribution in [0.5, 0.6) is 5.75 Å². The van der Waals surface area contributed by atoms with E-state index in [2.05, 4.69) is 0 Å². The lowest BCUT2D eigenvalue weighted by molar-refractivity contribution is -0.883. The second-order valence-electron chi connectivity index (χ2n) is 6.14. The summed E-state index contributed by atoms with van der Waals surface area (Å²) in [6.45, 7) is -0.0737. The maximum atomic E-state index is 12.0. The van der Waals surface area contributed by atoms with Crippen LogP contribution in [0.2, 0.25) is 5.15 Å². The van der Waals surface area contributed by atoms with Crippen LogP contribution in [0.4, 0.5) is 0 Å². The van der Waals surface area contributed by atoms with Gasteiger partial charge in [0.1, 0.15) is 7.11 Å². The Bertz CT molecular complexity index is 816. The molecule has 8 nitrogen and oxygen atoms in total. The standard InChI is InChI=1S/C21H25ClNO7/c1-26-21(25)18(30-17-9-10-19(22)23(14-17)27-2)12-13-28-15-29-20(24)11-8-16-6-4-3-5-7-16/h3-7,9-10,14,18H,8,11-13,15H2,1-2H3/q+1. The van der Waals surface area contributed by atoms with E-state index in [0.29, 0.717) is 17.3 Å². The predicted molar refractivity (Wildman–Crippen MR) is 107 cm³/mol. The van der Waals surface area contributed by atoms with Crippen LogP contribution in [0.1, 0.15) is 18.4 Å². The van der Waals surface area contributed by atoms with Crippen LogP contribution in [-0.2, 0) is 30.2 Å². The Labute approximate surface area is 180 Å². The SMILES string of the molecule is COC(=O)C(CCOCOC(=O)CCc1ccccc1)Oc1ccc(Cl)[n+](OC)c1. The molecule has 30 heavy (non-hydrogen) atoms. The van der Waals surface area contributed by atoms with E-state index in [1.807, 2.05) is 30.3 Å². The first-order valence-corrected chi connectivity index (χ1v) is 9.68. The molecule has 0 radical (unpaired) electrons. The van der Waals surface area contributed by atoms with Gasteiger partial charge in [-0.3, -0.25) is 9.63 Å². The highest BCUT2D eigenvalue weighted by Crippen LogP contribution is 2.14. The van der Waals surface area contributed by atoms with Gasteiger partial charge < -0.3 is 18.9 Å². The minimum atomic E-state index is -0.907. The van der Waals surface area contributed by atoms with Crippen molar-refractivity contribution in [2.75, 3.05) is 27.6 Å². The van der Waals surface area contributed by atoms with Crippen molar-refractivity contribution in [3.63, 3.8) is 0 Å². The number of methoxy groups -OCH3 is 1. The number of esters is 2. The number of benzene rings is 1. The van der Waals surface area contributed by atoms with Crippen molar-refractivity contribution in [1.82, 2.24) is 0 Å². The third kappa shape index (κ3) is 7.88. The van der Waals surface area contributed by atoms with Gasteiger partial charge in [-0.2, -0.15) is 0 Å². The Morgan fingerprint density at radius 1 is 1.10 bits per heavy atom. The number of nitrogens with zero attached hydrogens (tertiary/aromatic N) is 1. The Balaban J connectivity index is 1.73. The fraction of sp³-hybridized carbons (Fsp3) is 0.381. The van der Waals surface area contributed by atoms with Gasteiger partial charge in [0.2, 0.25) is 0 Å². The van der Waals surface area contributed by atoms with E-state index < -0.39 is 12.1 Å². The quantitative estimate of drug-likeness (QED) is 0.165. The third-order valence-electron chi connectivity index (χ3n) is 4.07. The zero-order valence-corrected chi connectivity index (χ0v) is 17.7. The number of hydrogen-bond acceptors (Lipinski definition) is 7. The summed E-state index contributed by atoms with van der Waals surface area (Å²) in [4.78, 5) is 28.8. The number of carbonyl (C=O) groups is 2. The number of aromatic nitrogens is 1. The number of rotatable bonds is 12. The van der Waals surface area contributed by atoms with Crippen molar-refractivity contribution in [1.29, 1.82) is 0 Å². The van der Waals surface area contributed by atoms with Crippen LogP contribution in [0.25, 0.3) is 0 Å². The average Bonchev–Trinajstić information content (AvgIpc) is 2.77. The van der Waals surface area contributed by atoms with Gasteiger partial charge in [-0.1, -0.05) is 30.3 Å². The molecule has 0 saturated carbocycles. The van der Waals surface area contributed by atoms with E-state index in [0.717, 1.165) is 5.56 Å². The van der Waals surface area contributed by atoms with Gasteiger partial charge in [-0.25, -0.2) is 4.79 Å². The molecule has 0 saturated heterocycles. The minimum absolute atomic E-state index is 0.129. The fourth-order valence-corrected chi connectivity index (χ4v) is 2.68. The first kappa shape index (κ1) is 23.4. The molecule has 2 aromatic rings. The highest BCUT2D eigenvalue weighted by atomic mass is 35.5. The van der Waals surface area contributed by atoms with Crippen molar-refractivity contribution in [3.05, 3.63) is 59.4 Å². The lowest BCUT2D eigenvalue weighted by Gasteiger charge is -2.16. The molecule has 1 atom stereocenters. The second-order valence-corrected chi connectivity index (χ2v) is 6.53. The van der Waals surface area contributed by atoms with Crippen molar-refractivity contribution in [2.24, 2.45) is 0 Å². The van der Waals surface area contributed by atoms with Crippen LogP contribution in [-0.4, -0.2) is 45.7 Å². The highest BCUT2D eigenvalue weighted by Gasteiger charge is 2.23. The van der Waals surface area contributed by atoms with Gasteiger partial charge >= 0.3 is 17.1 Å².